The molecule has 0 unspecified atom stereocenters. The molecule has 40 heavy (non-hydrogen) atoms. The second-order valence-electron chi connectivity index (χ2n) is 9.39. The van der Waals surface area contributed by atoms with Gasteiger partial charge in [-0.2, -0.15) is 9.40 Å². The molecular weight excluding hydrogens is 546 g/mol. The van der Waals surface area contributed by atoms with Crippen molar-refractivity contribution in [1.82, 2.24) is 23.5 Å². The van der Waals surface area contributed by atoms with Gasteiger partial charge in [-0.15, -0.1) is 0 Å². The van der Waals surface area contributed by atoms with Crippen LogP contribution in [0.1, 0.15) is 5.56 Å². The van der Waals surface area contributed by atoms with Gasteiger partial charge in [0.05, 0.1) is 39.4 Å². The Hall–Kier alpha value is -4.16. The van der Waals surface area contributed by atoms with E-state index in [4.69, 9.17) is 9.84 Å². The van der Waals surface area contributed by atoms with Crippen LogP contribution in [0.3, 0.4) is 0 Å². The van der Waals surface area contributed by atoms with Crippen LogP contribution < -0.4 is 10.1 Å². The van der Waals surface area contributed by atoms with Crippen LogP contribution in [0.25, 0.3) is 39.0 Å². The lowest BCUT2D eigenvalue weighted by atomic mass is 10.1. The molecule has 0 bridgehead atoms. The molecule has 0 N–H and O–H groups in total. The first-order valence-corrected chi connectivity index (χ1v) is 15.0. The van der Waals surface area contributed by atoms with Crippen LogP contribution in [0.5, 0.6) is 0 Å². The van der Waals surface area contributed by atoms with Crippen molar-refractivity contribution in [2.75, 3.05) is 26.3 Å². The standard InChI is InChI=1S/C29H23N5O4S2/c35-28-26(39-29-30-24-11-4-5-12-25(24)34(28)29)18-21-19-33(22-8-2-1-3-9-22)31-27(21)20-7-6-10-23(17-20)40(36,37)32-13-15-38-16-14-32/h1-12,17-19H,13-16H2. The average Bonchev–Trinajstić information content (AvgIpc) is 3.67. The first kappa shape index (κ1) is 24.9. The number of morpholine rings is 1. The predicted molar refractivity (Wildman–Crippen MR) is 154 cm³/mol. The number of hydrogen-bond acceptors (Lipinski definition) is 7. The summed E-state index contributed by atoms with van der Waals surface area (Å²) in [6.07, 6.45) is 3.66. The Balaban J connectivity index is 1.39. The van der Waals surface area contributed by atoms with Crippen molar-refractivity contribution in [3.05, 3.63) is 106 Å². The molecule has 9 nitrogen and oxygen atoms in total. The monoisotopic (exact) mass is 569 g/mol. The van der Waals surface area contributed by atoms with Crippen LogP contribution >= 0.6 is 11.3 Å². The lowest BCUT2D eigenvalue weighted by Gasteiger charge is -2.26. The van der Waals surface area contributed by atoms with Crippen LogP contribution in [0.2, 0.25) is 0 Å². The summed E-state index contributed by atoms with van der Waals surface area (Å²) < 4.78 is 37.4. The molecule has 1 aliphatic heterocycles. The summed E-state index contributed by atoms with van der Waals surface area (Å²) in [4.78, 5) is 18.9. The van der Waals surface area contributed by atoms with Gasteiger partial charge in [0, 0.05) is 30.4 Å². The van der Waals surface area contributed by atoms with Crippen molar-refractivity contribution in [1.29, 1.82) is 0 Å². The Kier molecular flexibility index (Phi) is 6.08. The minimum Gasteiger partial charge on any atom is -0.379 e. The summed E-state index contributed by atoms with van der Waals surface area (Å²) in [7, 11) is -3.70. The number of hydrogen-bond donors (Lipinski definition) is 0. The molecule has 0 atom stereocenters. The first-order chi connectivity index (χ1) is 19.5. The molecular formula is C29H23N5O4S2. The molecule has 1 saturated heterocycles. The molecule has 0 amide bonds. The molecule has 6 aromatic rings. The van der Waals surface area contributed by atoms with Gasteiger partial charge in [0.25, 0.3) is 5.56 Å². The van der Waals surface area contributed by atoms with Gasteiger partial charge in [-0.05, 0) is 42.5 Å². The van der Waals surface area contributed by atoms with E-state index < -0.39 is 10.0 Å². The highest BCUT2D eigenvalue weighted by molar-refractivity contribution is 7.89. The maximum Gasteiger partial charge on any atom is 0.274 e. The number of sulfonamides is 1. The fraction of sp³-hybridized carbons (Fsp3) is 0.138. The van der Waals surface area contributed by atoms with Crippen molar-refractivity contribution >= 4 is 43.4 Å². The van der Waals surface area contributed by atoms with Crippen molar-refractivity contribution in [2.24, 2.45) is 0 Å². The van der Waals surface area contributed by atoms with Crippen molar-refractivity contribution in [3.63, 3.8) is 0 Å². The number of imidazole rings is 1. The minimum atomic E-state index is -3.70. The number of thiazole rings is 1. The summed E-state index contributed by atoms with van der Waals surface area (Å²) in [6, 6.07) is 24.0. The fourth-order valence-electron chi connectivity index (χ4n) is 4.92. The van der Waals surface area contributed by atoms with Gasteiger partial charge in [-0.1, -0.05) is 53.8 Å². The van der Waals surface area contributed by atoms with Gasteiger partial charge in [-0.3, -0.25) is 4.79 Å². The summed E-state index contributed by atoms with van der Waals surface area (Å²) in [5.74, 6) is 0. The molecule has 0 radical (unpaired) electrons. The highest BCUT2D eigenvalue weighted by Crippen LogP contribution is 2.28. The maximum absolute atomic E-state index is 13.5. The third-order valence-electron chi connectivity index (χ3n) is 6.91. The van der Waals surface area contributed by atoms with E-state index in [1.54, 1.807) is 33.4 Å². The van der Waals surface area contributed by atoms with E-state index in [2.05, 4.69) is 4.98 Å². The Labute approximate surface area is 233 Å². The van der Waals surface area contributed by atoms with Crippen molar-refractivity contribution in [2.45, 2.75) is 4.90 Å². The number of rotatable bonds is 5. The second kappa shape index (κ2) is 9.79. The number of nitrogens with zero attached hydrogens (tertiary/aromatic N) is 5. The Morgan fingerprint density at radius 1 is 0.925 bits per heavy atom. The van der Waals surface area contributed by atoms with Crippen molar-refractivity contribution < 1.29 is 13.2 Å². The van der Waals surface area contributed by atoms with E-state index in [0.29, 0.717) is 52.6 Å². The van der Waals surface area contributed by atoms with Gasteiger partial charge >= 0.3 is 0 Å². The molecule has 4 heterocycles. The van der Waals surface area contributed by atoms with Crippen molar-refractivity contribution in [3.8, 4) is 16.9 Å². The third-order valence-corrected chi connectivity index (χ3v) is 9.77. The van der Waals surface area contributed by atoms with E-state index in [9.17, 15) is 13.2 Å². The number of benzene rings is 3. The fourth-order valence-corrected chi connectivity index (χ4v) is 7.36. The third kappa shape index (κ3) is 4.23. The van der Waals surface area contributed by atoms with Gasteiger partial charge in [0.2, 0.25) is 10.0 Å². The zero-order valence-corrected chi connectivity index (χ0v) is 22.8. The largest absolute Gasteiger partial charge is 0.379 e. The maximum atomic E-state index is 13.5. The highest BCUT2D eigenvalue weighted by Gasteiger charge is 2.27. The van der Waals surface area contributed by atoms with E-state index in [1.807, 2.05) is 66.9 Å². The normalized spacial score (nSPS) is 15.3. The zero-order chi connectivity index (χ0) is 27.3. The van der Waals surface area contributed by atoms with E-state index >= 15 is 0 Å². The number of ether oxygens (including phenoxy) is 1. The number of para-hydroxylation sites is 3. The topological polar surface area (TPSA) is 98.8 Å². The molecule has 3 aromatic heterocycles. The van der Waals surface area contributed by atoms with E-state index in [1.165, 1.54) is 15.6 Å². The molecule has 1 fully saturated rings. The van der Waals surface area contributed by atoms with Crippen LogP contribution in [0.4, 0.5) is 0 Å². The molecule has 11 heteroatoms. The average molecular weight is 570 g/mol. The van der Waals surface area contributed by atoms with Gasteiger partial charge in [0.15, 0.2) is 4.96 Å². The molecule has 0 saturated carbocycles. The van der Waals surface area contributed by atoms with Crippen LogP contribution in [0, 0.1) is 0 Å². The molecule has 0 aliphatic carbocycles. The zero-order valence-electron chi connectivity index (χ0n) is 21.2. The van der Waals surface area contributed by atoms with Crippen LogP contribution in [-0.2, 0) is 14.8 Å². The van der Waals surface area contributed by atoms with Gasteiger partial charge < -0.3 is 4.74 Å². The lowest BCUT2D eigenvalue weighted by molar-refractivity contribution is 0.0730. The second-order valence-corrected chi connectivity index (χ2v) is 12.3. The Bertz CT molecular complexity index is 2090. The quantitative estimate of drug-likeness (QED) is 0.316. The highest BCUT2D eigenvalue weighted by atomic mass is 32.2. The minimum absolute atomic E-state index is 0.157. The van der Waals surface area contributed by atoms with Gasteiger partial charge in [-0.25, -0.2) is 22.5 Å². The summed E-state index contributed by atoms with van der Waals surface area (Å²) in [5.41, 5.74) is 4.11. The molecule has 200 valence electrons. The Morgan fingerprint density at radius 3 is 2.52 bits per heavy atom. The van der Waals surface area contributed by atoms with Crippen LogP contribution in [0.15, 0.2) is 94.7 Å². The molecule has 1 aliphatic rings. The SMILES string of the molecule is O=c1c(=Cc2cn(-c3ccccc3)nc2-c2cccc(S(=O)(=O)N3CCOCC3)c2)sc2nc3ccccc3n12. The summed E-state index contributed by atoms with van der Waals surface area (Å²) in [5, 5.41) is 4.84. The van der Waals surface area contributed by atoms with E-state index in [-0.39, 0.29) is 10.5 Å². The first-order valence-electron chi connectivity index (χ1n) is 12.7. The summed E-state index contributed by atoms with van der Waals surface area (Å²) in [6.45, 7) is 1.37. The molecule has 7 rings (SSSR count). The lowest BCUT2D eigenvalue weighted by Crippen LogP contribution is -2.40. The Morgan fingerprint density at radius 2 is 1.70 bits per heavy atom. The van der Waals surface area contributed by atoms with E-state index in [0.717, 1.165) is 16.7 Å². The van der Waals surface area contributed by atoms with Gasteiger partial charge in [0.1, 0.15) is 5.69 Å². The molecule has 0 spiro atoms. The smallest absolute Gasteiger partial charge is 0.274 e. The number of fused-ring (bicyclic) bond motifs is 3. The summed E-state index contributed by atoms with van der Waals surface area (Å²) >= 11 is 1.31. The van der Waals surface area contributed by atoms with Crippen LogP contribution in [-0.4, -0.2) is 58.2 Å². The number of aromatic nitrogens is 4. The predicted octanol–water partition coefficient (Wildman–Crippen LogP) is 3.33. The molecule has 3 aromatic carbocycles.